The standard InChI is InChI=1S/C13H14ClNO2/c1-9-5-6-11(17-9)8-15-7-10-3-2-4-12(14)13(10)16/h2-6,15-16H,7-8H2,1H3. The van der Waals surface area contributed by atoms with Gasteiger partial charge in [0.15, 0.2) is 0 Å². The molecule has 0 radical (unpaired) electrons. The van der Waals surface area contributed by atoms with Gasteiger partial charge in [-0.15, -0.1) is 0 Å². The van der Waals surface area contributed by atoms with Gasteiger partial charge in [0.1, 0.15) is 17.3 Å². The third-order valence-electron chi connectivity index (χ3n) is 2.48. The van der Waals surface area contributed by atoms with Gasteiger partial charge in [0.05, 0.1) is 11.6 Å². The fourth-order valence-electron chi connectivity index (χ4n) is 1.60. The van der Waals surface area contributed by atoms with Crippen LogP contribution in [0.15, 0.2) is 34.7 Å². The zero-order chi connectivity index (χ0) is 12.3. The second-order valence-electron chi connectivity index (χ2n) is 3.86. The Morgan fingerprint density at radius 2 is 2.06 bits per heavy atom. The van der Waals surface area contributed by atoms with E-state index in [1.807, 2.05) is 31.2 Å². The highest BCUT2D eigenvalue weighted by atomic mass is 35.5. The highest BCUT2D eigenvalue weighted by Crippen LogP contribution is 2.26. The maximum absolute atomic E-state index is 9.70. The predicted octanol–water partition coefficient (Wildman–Crippen LogP) is 3.24. The van der Waals surface area contributed by atoms with E-state index in [1.54, 1.807) is 6.07 Å². The van der Waals surface area contributed by atoms with E-state index in [4.69, 9.17) is 16.0 Å². The molecule has 3 nitrogen and oxygen atoms in total. The zero-order valence-electron chi connectivity index (χ0n) is 9.53. The summed E-state index contributed by atoms with van der Waals surface area (Å²) in [6.45, 7) is 3.08. The van der Waals surface area contributed by atoms with Crippen molar-refractivity contribution in [1.82, 2.24) is 5.32 Å². The Labute approximate surface area is 105 Å². The second kappa shape index (κ2) is 5.25. The lowest BCUT2D eigenvalue weighted by Gasteiger charge is -2.06. The van der Waals surface area contributed by atoms with Gasteiger partial charge in [-0.25, -0.2) is 0 Å². The molecule has 0 unspecified atom stereocenters. The molecule has 0 aliphatic heterocycles. The number of phenols is 1. The third-order valence-corrected chi connectivity index (χ3v) is 2.79. The average molecular weight is 252 g/mol. The van der Waals surface area contributed by atoms with E-state index >= 15 is 0 Å². The highest BCUT2D eigenvalue weighted by Gasteiger charge is 2.05. The molecule has 0 bridgehead atoms. The molecule has 0 saturated carbocycles. The Balaban J connectivity index is 1.92. The van der Waals surface area contributed by atoms with Crippen molar-refractivity contribution in [3.63, 3.8) is 0 Å². The lowest BCUT2D eigenvalue weighted by Crippen LogP contribution is -2.12. The quantitative estimate of drug-likeness (QED) is 0.877. The summed E-state index contributed by atoms with van der Waals surface area (Å²) in [6.07, 6.45) is 0. The van der Waals surface area contributed by atoms with Crippen molar-refractivity contribution in [1.29, 1.82) is 0 Å². The summed E-state index contributed by atoms with van der Waals surface area (Å²) >= 11 is 5.82. The highest BCUT2D eigenvalue weighted by molar-refractivity contribution is 6.32. The first-order valence-corrected chi connectivity index (χ1v) is 5.77. The summed E-state index contributed by atoms with van der Waals surface area (Å²) in [5.74, 6) is 1.91. The minimum absolute atomic E-state index is 0.136. The van der Waals surface area contributed by atoms with Crippen molar-refractivity contribution in [2.45, 2.75) is 20.0 Å². The SMILES string of the molecule is Cc1ccc(CNCc2cccc(Cl)c2O)o1. The van der Waals surface area contributed by atoms with Gasteiger partial charge in [-0.2, -0.15) is 0 Å². The van der Waals surface area contributed by atoms with Crippen LogP contribution in [0.5, 0.6) is 5.75 Å². The number of halogens is 1. The number of nitrogens with one attached hydrogen (secondary N) is 1. The average Bonchev–Trinajstić information content (AvgIpc) is 2.70. The smallest absolute Gasteiger partial charge is 0.138 e. The summed E-state index contributed by atoms with van der Waals surface area (Å²) in [4.78, 5) is 0. The summed E-state index contributed by atoms with van der Waals surface area (Å²) in [5.41, 5.74) is 0.778. The van der Waals surface area contributed by atoms with Gasteiger partial charge >= 0.3 is 0 Å². The van der Waals surface area contributed by atoms with E-state index in [0.717, 1.165) is 17.1 Å². The minimum Gasteiger partial charge on any atom is -0.506 e. The van der Waals surface area contributed by atoms with Gasteiger partial charge in [-0.05, 0) is 25.1 Å². The number of para-hydroxylation sites is 1. The fourth-order valence-corrected chi connectivity index (χ4v) is 1.80. The monoisotopic (exact) mass is 251 g/mol. The lowest BCUT2D eigenvalue weighted by atomic mass is 10.2. The van der Waals surface area contributed by atoms with Crippen LogP contribution in [0.1, 0.15) is 17.1 Å². The molecule has 0 amide bonds. The largest absolute Gasteiger partial charge is 0.506 e. The van der Waals surface area contributed by atoms with Crippen LogP contribution in [0.2, 0.25) is 5.02 Å². The Morgan fingerprint density at radius 3 is 2.76 bits per heavy atom. The van der Waals surface area contributed by atoms with Gasteiger partial charge in [-0.1, -0.05) is 23.7 Å². The topological polar surface area (TPSA) is 45.4 Å². The molecule has 0 aliphatic carbocycles. The number of hydrogen-bond donors (Lipinski definition) is 2. The summed E-state index contributed by atoms with van der Waals surface area (Å²) < 4.78 is 5.42. The number of hydrogen-bond acceptors (Lipinski definition) is 3. The molecular weight excluding hydrogens is 238 g/mol. The van der Waals surface area contributed by atoms with Crippen LogP contribution < -0.4 is 5.32 Å². The minimum atomic E-state index is 0.136. The van der Waals surface area contributed by atoms with Crippen LogP contribution >= 0.6 is 11.6 Å². The van der Waals surface area contributed by atoms with Gasteiger partial charge in [0, 0.05) is 12.1 Å². The molecule has 2 N–H and O–H groups in total. The number of aromatic hydroxyl groups is 1. The van der Waals surface area contributed by atoms with E-state index in [1.165, 1.54) is 0 Å². The maximum atomic E-state index is 9.70. The van der Waals surface area contributed by atoms with Crippen LogP contribution in [-0.4, -0.2) is 5.11 Å². The van der Waals surface area contributed by atoms with Gasteiger partial charge in [0.25, 0.3) is 0 Å². The predicted molar refractivity (Wildman–Crippen MR) is 67.1 cm³/mol. The van der Waals surface area contributed by atoms with E-state index in [2.05, 4.69) is 5.32 Å². The van der Waals surface area contributed by atoms with Crippen molar-refractivity contribution in [2.75, 3.05) is 0 Å². The number of benzene rings is 1. The van der Waals surface area contributed by atoms with Crippen LogP contribution in [0.4, 0.5) is 0 Å². The first kappa shape index (κ1) is 12.0. The molecule has 0 saturated heterocycles. The Morgan fingerprint density at radius 1 is 1.24 bits per heavy atom. The molecule has 0 aliphatic rings. The molecule has 0 fully saturated rings. The molecule has 0 atom stereocenters. The molecule has 2 rings (SSSR count). The maximum Gasteiger partial charge on any atom is 0.138 e. The molecule has 1 aromatic carbocycles. The van der Waals surface area contributed by atoms with E-state index in [-0.39, 0.29) is 5.75 Å². The second-order valence-corrected chi connectivity index (χ2v) is 4.27. The molecule has 90 valence electrons. The van der Waals surface area contributed by atoms with Crippen LogP contribution in [-0.2, 0) is 13.1 Å². The number of rotatable bonds is 4. The normalized spacial score (nSPS) is 10.7. The number of furan rings is 1. The summed E-state index contributed by atoms with van der Waals surface area (Å²) in [5, 5.41) is 13.3. The van der Waals surface area contributed by atoms with E-state index < -0.39 is 0 Å². The van der Waals surface area contributed by atoms with Crippen molar-refractivity contribution >= 4 is 11.6 Å². The zero-order valence-corrected chi connectivity index (χ0v) is 10.3. The molecular formula is C13H14ClNO2. The van der Waals surface area contributed by atoms with Crippen LogP contribution in [0.3, 0.4) is 0 Å². The summed E-state index contributed by atoms with van der Waals surface area (Å²) in [6, 6.07) is 9.17. The molecule has 17 heavy (non-hydrogen) atoms. The molecule has 1 heterocycles. The van der Waals surface area contributed by atoms with Gasteiger partial charge in [-0.3, -0.25) is 0 Å². The Hall–Kier alpha value is -1.45. The molecule has 0 spiro atoms. The van der Waals surface area contributed by atoms with Crippen molar-refractivity contribution in [3.05, 3.63) is 52.4 Å². The lowest BCUT2D eigenvalue weighted by molar-refractivity contribution is 0.449. The molecule has 4 heteroatoms. The van der Waals surface area contributed by atoms with E-state index in [0.29, 0.717) is 18.1 Å². The number of phenolic OH excluding ortho intramolecular Hbond substituents is 1. The summed E-state index contributed by atoms with van der Waals surface area (Å²) in [7, 11) is 0. The third kappa shape index (κ3) is 3.02. The van der Waals surface area contributed by atoms with Gasteiger partial charge < -0.3 is 14.8 Å². The molecule has 1 aromatic heterocycles. The first-order chi connectivity index (χ1) is 8.16. The first-order valence-electron chi connectivity index (χ1n) is 5.39. The fraction of sp³-hybridized carbons (Fsp3) is 0.231. The molecule has 2 aromatic rings. The van der Waals surface area contributed by atoms with Crippen molar-refractivity contribution < 1.29 is 9.52 Å². The van der Waals surface area contributed by atoms with E-state index in [9.17, 15) is 5.11 Å². The Bertz CT molecular complexity index is 508. The van der Waals surface area contributed by atoms with Crippen LogP contribution in [0, 0.1) is 6.92 Å². The van der Waals surface area contributed by atoms with Gasteiger partial charge in [0.2, 0.25) is 0 Å². The van der Waals surface area contributed by atoms with Crippen LogP contribution in [0.25, 0.3) is 0 Å². The van der Waals surface area contributed by atoms with Crippen molar-refractivity contribution in [2.24, 2.45) is 0 Å². The number of aryl methyl sites for hydroxylation is 1. The Kier molecular flexibility index (Phi) is 3.71. The van der Waals surface area contributed by atoms with Crippen molar-refractivity contribution in [3.8, 4) is 5.75 Å².